The third-order valence-corrected chi connectivity index (χ3v) is 9.97. The zero-order valence-corrected chi connectivity index (χ0v) is 19.2. The first-order valence-corrected chi connectivity index (χ1v) is 12.6. The topological polar surface area (TPSA) is 94.1 Å². The molecule has 2 atom stereocenters. The van der Waals surface area contributed by atoms with Gasteiger partial charge >= 0.3 is 11.8 Å². The summed E-state index contributed by atoms with van der Waals surface area (Å²) in [5.74, 6) is -0.860. The molecule has 2 rings (SSSR count). The molecular formula is C19H34N2O6Si. The number of carbonyl (C=O) groups is 1. The molecule has 1 aliphatic rings. The van der Waals surface area contributed by atoms with Crippen LogP contribution in [-0.4, -0.2) is 53.8 Å². The number of aromatic hydroxyl groups is 1. The summed E-state index contributed by atoms with van der Waals surface area (Å²) in [6, 6.07) is -0.418. The maximum atomic E-state index is 12.6. The number of amides is 1. The third-order valence-electron chi connectivity index (χ3n) is 5.47. The monoisotopic (exact) mass is 414 g/mol. The molecule has 0 bridgehead atoms. The molecular weight excluding hydrogens is 380 g/mol. The average molecular weight is 415 g/mol. The van der Waals surface area contributed by atoms with Crippen molar-refractivity contribution in [3.8, 4) is 5.88 Å². The number of carbonyl (C=O) groups excluding carboxylic acids is 1. The quantitative estimate of drug-likeness (QED) is 0.758. The van der Waals surface area contributed by atoms with E-state index >= 15 is 0 Å². The second-order valence-corrected chi connectivity index (χ2v) is 14.7. The van der Waals surface area contributed by atoms with Crippen LogP contribution in [0.25, 0.3) is 0 Å². The van der Waals surface area contributed by atoms with Crippen molar-refractivity contribution < 1.29 is 23.5 Å². The van der Waals surface area contributed by atoms with Gasteiger partial charge in [-0.2, -0.15) is 0 Å². The third kappa shape index (κ3) is 4.99. The van der Waals surface area contributed by atoms with Crippen LogP contribution in [0, 0.1) is 0 Å². The Morgan fingerprint density at radius 2 is 1.86 bits per heavy atom. The van der Waals surface area contributed by atoms with Gasteiger partial charge in [0.25, 0.3) is 0 Å². The SMILES string of the molecule is CC(C)(C)OC(=O)N1CCC(n2c(O)coc2=O)C(O[Si](C)(C)C(C)(C)C)C1. The maximum absolute atomic E-state index is 12.6. The van der Waals surface area contributed by atoms with Crippen molar-refractivity contribution in [3.05, 3.63) is 16.8 Å². The average Bonchev–Trinajstić information content (AvgIpc) is 2.83. The number of likely N-dealkylation sites (tertiary alicyclic amines) is 1. The van der Waals surface area contributed by atoms with E-state index in [1.165, 1.54) is 4.57 Å². The minimum absolute atomic E-state index is 0.0465. The Morgan fingerprint density at radius 3 is 2.32 bits per heavy atom. The van der Waals surface area contributed by atoms with Gasteiger partial charge < -0.3 is 23.6 Å². The highest BCUT2D eigenvalue weighted by Gasteiger charge is 2.44. The first-order chi connectivity index (χ1) is 12.6. The number of aromatic nitrogens is 1. The van der Waals surface area contributed by atoms with Gasteiger partial charge in [0.05, 0.1) is 18.7 Å². The Kier molecular flexibility index (Phi) is 6.11. The van der Waals surface area contributed by atoms with Crippen LogP contribution >= 0.6 is 0 Å². The van der Waals surface area contributed by atoms with Crippen LogP contribution in [0.1, 0.15) is 54.0 Å². The van der Waals surface area contributed by atoms with Gasteiger partial charge in [0.2, 0.25) is 5.88 Å². The predicted octanol–water partition coefficient (Wildman–Crippen LogP) is 3.72. The fraction of sp³-hybridized carbons (Fsp3) is 0.789. The molecule has 2 heterocycles. The zero-order valence-electron chi connectivity index (χ0n) is 18.2. The molecule has 0 aromatic carbocycles. The van der Waals surface area contributed by atoms with Crippen LogP contribution in [0.3, 0.4) is 0 Å². The lowest BCUT2D eigenvalue weighted by Gasteiger charge is -2.45. The van der Waals surface area contributed by atoms with Gasteiger partial charge in [-0.15, -0.1) is 0 Å². The second-order valence-electron chi connectivity index (χ2n) is 9.93. The molecule has 2 unspecified atom stereocenters. The van der Waals surface area contributed by atoms with Gasteiger partial charge in [0, 0.05) is 6.54 Å². The Labute approximate surface area is 167 Å². The van der Waals surface area contributed by atoms with E-state index < -0.39 is 37.9 Å². The fourth-order valence-electron chi connectivity index (χ4n) is 2.98. The van der Waals surface area contributed by atoms with Crippen molar-refractivity contribution in [2.75, 3.05) is 13.1 Å². The first-order valence-electron chi connectivity index (χ1n) is 9.67. The molecule has 1 aromatic heterocycles. The molecule has 0 saturated carbocycles. The van der Waals surface area contributed by atoms with Crippen molar-refractivity contribution in [3.63, 3.8) is 0 Å². The van der Waals surface area contributed by atoms with Gasteiger partial charge in [-0.25, -0.2) is 14.2 Å². The van der Waals surface area contributed by atoms with E-state index in [0.717, 1.165) is 6.26 Å². The van der Waals surface area contributed by atoms with Crippen molar-refractivity contribution in [2.24, 2.45) is 0 Å². The summed E-state index contributed by atoms with van der Waals surface area (Å²) in [4.78, 5) is 26.3. The largest absolute Gasteiger partial charge is 0.492 e. The molecule has 160 valence electrons. The fourth-order valence-corrected chi connectivity index (χ4v) is 4.32. The van der Waals surface area contributed by atoms with E-state index in [1.54, 1.807) is 4.90 Å². The van der Waals surface area contributed by atoms with Gasteiger partial charge in [-0.1, -0.05) is 20.8 Å². The van der Waals surface area contributed by atoms with Crippen molar-refractivity contribution in [1.82, 2.24) is 9.47 Å². The van der Waals surface area contributed by atoms with E-state index in [4.69, 9.17) is 13.6 Å². The Morgan fingerprint density at radius 1 is 1.25 bits per heavy atom. The van der Waals surface area contributed by atoms with E-state index in [-0.39, 0.29) is 17.5 Å². The smallest absolute Gasteiger partial charge is 0.422 e. The van der Waals surface area contributed by atoms with Crippen molar-refractivity contribution in [1.29, 1.82) is 0 Å². The van der Waals surface area contributed by atoms with Gasteiger partial charge in [-0.3, -0.25) is 0 Å². The lowest BCUT2D eigenvalue weighted by atomic mass is 10.0. The summed E-state index contributed by atoms with van der Waals surface area (Å²) in [5, 5.41) is 10.1. The summed E-state index contributed by atoms with van der Waals surface area (Å²) in [6.07, 6.45) is 0.624. The molecule has 0 spiro atoms. The van der Waals surface area contributed by atoms with E-state index in [2.05, 4.69) is 33.9 Å². The maximum Gasteiger partial charge on any atom is 0.422 e. The highest BCUT2D eigenvalue weighted by molar-refractivity contribution is 6.74. The zero-order chi connectivity index (χ0) is 21.5. The van der Waals surface area contributed by atoms with Gasteiger partial charge in [0.15, 0.2) is 14.6 Å². The lowest BCUT2D eigenvalue weighted by molar-refractivity contribution is -0.00810. The number of hydrogen-bond donors (Lipinski definition) is 1. The number of piperidine rings is 1. The van der Waals surface area contributed by atoms with Gasteiger partial charge in [-0.05, 0) is 45.3 Å². The highest BCUT2D eigenvalue weighted by Crippen LogP contribution is 2.40. The molecule has 1 amide bonds. The normalized spacial score (nSPS) is 21.6. The highest BCUT2D eigenvalue weighted by atomic mass is 28.4. The molecule has 1 aromatic rings. The minimum atomic E-state index is -2.20. The minimum Gasteiger partial charge on any atom is -0.492 e. The molecule has 8 nitrogen and oxygen atoms in total. The molecule has 0 aliphatic carbocycles. The van der Waals surface area contributed by atoms with E-state index in [1.807, 2.05) is 20.8 Å². The molecule has 28 heavy (non-hydrogen) atoms. The van der Waals surface area contributed by atoms with Crippen LogP contribution in [0.2, 0.25) is 18.1 Å². The molecule has 9 heteroatoms. The second kappa shape index (κ2) is 7.59. The van der Waals surface area contributed by atoms with Crippen LogP contribution in [-0.2, 0) is 9.16 Å². The number of oxazole rings is 1. The summed E-state index contributed by atoms with van der Waals surface area (Å²) in [7, 11) is -2.20. The lowest BCUT2D eigenvalue weighted by Crippen LogP contribution is -2.55. The summed E-state index contributed by atoms with van der Waals surface area (Å²) >= 11 is 0. The number of nitrogens with zero attached hydrogens (tertiary/aromatic N) is 2. The molecule has 1 fully saturated rings. The Hall–Kier alpha value is -1.74. The Bertz CT molecular complexity index is 756. The Balaban J connectivity index is 2.32. The van der Waals surface area contributed by atoms with Crippen molar-refractivity contribution in [2.45, 2.75) is 83.8 Å². The first kappa shape index (κ1) is 22.5. The molecule has 1 N–H and O–H groups in total. The standard InChI is InChI=1S/C19H34N2O6Si/c1-18(2,3)26-16(23)20-10-9-13(21-15(22)12-25-17(21)24)14(11-20)27-28(7,8)19(4,5)6/h12-14,22H,9-11H2,1-8H3. The number of hydrogen-bond acceptors (Lipinski definition) is 6. The van der Waals surface area contributed by atoms with Gasteiger partial charge in [0.1, 0.15) is 5.60 Å². The predicted molar refractivity (Wildman–Crippen MR) is 108 cm³/mol. The van der Waals surface area contributed by atoms with E-state index in [9.17, 15) is 14.7 Å². The van der Waals surface area contributed by atoms with Crippen LogP contribution in [0.15, 0.2) is 15.5 Å². The summed E-state index contributed by atoms with van der Waals surface area (Å²) in [5.41, 5.74) is -0.594. The number of rotatable bonds is 3. The van der Waals surface area contributed by atoms with E-state index in [0.29, 0.717) is 13.0 Å². The summed E-state index contributed by atoms with van der Waals surface area (Å²) in [6.45, 7) is 16.8. The van der Waals surface area contributed by atoms with Crippen molar-refractivity contribution >= 4 is 14.4 Å². The summed E-state index contributed by atoms with van der Waals surface area (Å²) < 4.78 is 18.1. The molecule has 0 radical (unpaired) electrons. The van der Waals surface area contributed by atoms with Crippen LogP contribution in [0.4, 0.5) is 4.79 Å². The van der Waals surface area contributed by atoms with Crippen LogP contribution < -0.4 is 5.76 Å². The van der Waals surface area contributed by atoms with Crippen LogP contribution in [0.5, 0.6) is 5.88 Å². The molecule has 1 saturated heterocycles. The number of ether oxygens (including phenoxy) is 1. The molecule has 1 aliphatic heterocycles.